The number of thiophene rings is 1. The molecule has 0 bridgehead atoms. The van der Waals surface area contributed by atoms with Gasteiger partial charge in [-0.1, -0.05) is 0 Å². The first-order chi connectivity index (χ1) is 9.77. The Morgan fingerprint density at radius 1 is 1.19 bits per heavy atom. The highest BCUT2D eigenvalue weighted by Gasteiger charge is 2.30. The summed E-state index contributed by atoms with van der Waals surface area (Å²) in [5.74, 6) is -1.85. The molecule has 0 fully saturated rings. The molecule has 0 unspecified atom stereocenters. The van der Waals surface area contributed by atoms with E-state index in [1.165, 1.54) is 12.1 Å². The molecule has 2 N–H and O–H groups in total. The van der Waals surface area contributed by atoms with Crippen molar-refractivity contribution in [2.75, 3.05) is 5.32 Å². The zero-order valence-electron chi connectivity index (χ0n) is 10.1. The first kappa shape index (κ1) is 15.0. The fraction of sp³-hybridized carbons (Fsp3) is 0.0833. The van der Waals surface area contributed by atoms with E-state index >= 15 is 0 Å². The van der Waals surface area contributed by atoms with Crippen LogP contribution in [0.15, 0.2) is 30.5 Å². The monoisotopic (exact) mass is 316 g/mol. The molecule has 0 saturated carbocycles. The molecule has 1 amide bonds. The van der Waals surface area contributed by atoms with E-state index in [0.29, 0.717) is 6.20 Å². The van der Waals surface area contributed by atoms with Crippen molar-refractivity contribution in [3.63, 3.8) is 0 Å². The number of amides is 1. The average Bonchev–Trinajstić information content (AvgIpc) is 2.86. The number of halogens is 3. The van der Waals surface area contributed by atoms with Crippen molar-refractivity contribution in [2.24, 2.45) is 0 Å². The summed E-state index contributed by atoms with van der Waals surface area (Å²) in [7, 11) is 0. The molecule has 0 aromatic carbocycles. The van der Waals surface area contributed by atoms with Gasteiger partial charge < -0.3 is 10.4 Å². The van der Waals surface area contributed by atoms with Crippen molar-refractivity contribution in [1.82, 2.24) is 4.98 Å². The van der Waals surface area contributed by atoms with E-state index in [0.717, 1.165) is 23.5 Å². The number of carbonyl (C=O) groups excluding carboxylic acids is 1. The van der Waals surface area contributed by atoms with Gasteiger partial charge in [0, 0.05) is 6.20 Å². The smallest absolute Gasteiger partial charge is 0.417 e. The molecule has 0 spiro atoms. The number of rotatable bonds is 3. The number of nitrogens with zero attached hydrogens (tertiary/aromatic N) is 1. The number of aromatic carboxylic acids is 1. The molecule has 2 aromatic rings. The van der Waals surface area contributed by atoms with E-state index in [1.807, 2.05) is 0 Å². The number of carboxylic acid groups (broad SMARTS) is 1. The van der Waals surface area contributed by atoms with Gasteiger partial charge in [0.2, 0.25) is 0 Å². The molecule has 0 aliphatic heterocycles. The van der Waals surface area contributed by atoms with Gasteiger partial charge in [-0.3, -0.25) is 9.78 Å². The Morgan fingerprint density at radius 3 is 2.38 bits per heavy atom. The second kappa shape index (κ2) is 5.52. The fourth-order valence-corrected chi connectivity index (χ4v) is 2.13. The normalized spacial score (nSPS) is 11.2. The third-order valence-corrected chi connectivity index (χ3v) is 3.37. The van der Waals surface area contributed by atoms with Crippen LogP contribution in [-0.4, -0.2) is 22.0 Å². The summed E-state index contributed by atoms with van der Waals surface area (Å²) in [6, 6.07) is 4.39. The lowest BCUT2D eigenvalue weighted by atomic mass is 10.2. The molecule has 5 nitrogen and oxygen atoms in total. The summed E-state index contributed by atoms with van der Waals surface area (Å²) in [6.07, 6.45) is -3.96. The Morgan fingerprint density at radius 2 is 1.90 bits per heavy atom. The van der Waals surface area contributed by atoms with Crippen molar-refractivity contribution >= 4 is 28.2 Å². The first-order valence-electron chi connectivity index (χ1n) is 5.45. The molecular formula is C12H7F3N2O3S. The quantitative estimate of drug-likeness (QED) is 0.912. The van der Waals surface area contributed by atoms with Crippen LogP contribution in [-0.2, 0) is 6.18 Å². The van der Waals surface area contributed by atoms with Crippen LogP contribution in [0.5, 0.6) is 0 Å². The third kappa shape index (κ3) is 3.57. The number of carboxylic acids is 1. The zero-order valence-corrected chi connectivity index (χ0v) is 11.0. The minimum Gasteiger partial charge on any atom is -0.477 e. The largest absolute Gasteiger partial charge is 0.477 e. The van der Waals surface area contributed by atoms with E-state index < -0.39 is 23.6 Å². The number of hydrogen-bond acceptors (Lipinski definition) is 4. The van der Waals surface area contributed by atoms with E-state index in [2.05, 4.69) is 10.3 Å². The van der Waals surface area contributed by atoms with Gasteiger partial charge in [0.1, 0.15) is 10.6 Å². The molecule has 2 rings (SSSR count). The summed E-state index contributed by atoms with van der Waals surface area (Å²) in [5, 5.41) is 11.4. The van der Waals surface area contributed by atoms with E-state index in [-0.39, 0.29) is 15.6 Å². The lowest BCUT2D eigenvalue weighted by Gasteiger charge is -2.06. The maximum atomic E-state index is 12.4. The van der Waals surface area contributed by atoms with Crippen molar-refractivity contribution in [1.29, 1.82) is 0 Å². The predicted molar refractivity (Wildman–Crippen MR) is 68.5 cm³/mol. The Balaban J connectivity index is 2.11. The number of pyridine rings is 1. The number of hydrogen-bond donors (Lipinski definition) is 2. The highest BCUT2D eigenvalue weighted by molar-refractivity contribution is 7.18. The zero-order chi connectivity index (χ0) is 15.6. The molecule has 9 heteroatoms. The van der Waals surface area contributed by atoms with Crippen LogP contribution in [0, 0.1) is 0 Å². The summed E-state index contributed by atoms with van der Waals surface area (Å²) < 4.78 is 37.1. The summed E-state index contributed by atoms with van der Waals surface area (Å²) in [4.78, 5) is 25.9. The molecule has 0 radical (unpaired) electrons. The number of anilines is 1. The number of nitrogens with one attached hydrogen (secondary N) is 1. The minimum atomic E-state index is -4.52. The molecule has 2 heterocycles. The van der Waals surface area contributed by atoms with Crippen LogP contribution < -0.4 is 5.32 Å². The van der Waals surface area contributed by atoms with Gasteiger partial charge in [-0.2, -0.15) is 13.2 Å². The van der Waals surface area contributed by atoms with E-state index in [9.17, 15) is 22.8 Å². The molecule has 0 aliphatic carbocycles. The Bertz CT molecular complexity index is 680. The minimum absolute atomic E-state index is 0.0330. The van der Waals surface area contributed by atoms with Crippen molar-refractivity contribution < 1.29 is 27.9 Å². The Kier molecular flexibility index (Phi) is 3.94. The van der Waals surface area contributed by atoms with Gasteiger partial charge in [0.25, 0.3) is 5.91 Å². The van der Waals surface area contributed by atoms with Crippen molar-refractivity contribution in [3.05, 3.63) is 46.6 Å². The van der Waals surface area contributed by atoms with Gasteiger partial charge in [-0.25, -0.2) is 4.79 Å². The van der Waals surface area contributed by atoms with Crippen LogP contribution in [0.3, 0.4) is 0 Å². The van der Waals surface area contributed by atoms with Crippen molar-refractivity contribution in [3.8, 4) is 0 Å². The van der Waals surface area contributed by atoms with E-state index in [1.54, 1.807) is 0 Å². The molecule has 0 atom stereocenters. The number of carbonyl (C=O) groups is 2. The first-order valence-corrected chi connectivity index (χ1v) is 6.27. The predicted octanol–water partition coefficient (Wildman–Crippen LogP) is 3.11. The fourth-order valence-electron chi connectivity index (χ4n) is 1.39. The van der Waals surface area contributed by atoms with E-state index in [4.69, 9.17) is 5.11 Å². The van der Waals surface area contributed by atoms with Gasteiger partial charge in [-0.15, -0.1) is 11.3 Å². The van der Waals surface area contributed by atoms with Crippen LogP contribution >= 0.6 is 11.3 Å². The molecule has 0 saturated heterocycles. The highest BCUT2D eigenvalue weighted by atomic mass is 32.1. The van der Waals surface area contributed by atoms with Crippen LogP contribution in [0.25, 0.3) is 0 Å². The van der Waals surface area contributed by atoms with Crippen LogP contribution in [0.4, 0.5) is 18.2 Å². The van der Waals surface area contributed by atoms with Gasteiger partial charge in [0.15, 0.2) is 0 Å². The summed E-state index contributed by atoms with van der Waals surface area (Å²) in [5.41, 5.74) is -1.16. The van der Waals surface area contributed by atoms with Gasteiger partial charge >= 0.3 is 12.1 Å². The highest BCUT2D eigenvalue weighted by Crippen LogP contribution is 2.28. The molecule has 21 heavy (non-hydrogen) atoms. The Hall–Kier alpha value is -2.42. The van der Waals surface area contributed by atoms with Crippen LogP contribution in [0.1, 0.15) is 25.7 Å². The number of alkyl halides is 3. The maximum absolute atomic E-state index is 12.4. The van der Waals surface area contributed by atoms with Gasteiger partial charge in [0.05, 0.1) is 10.6 Å². The standard InChI is InChI=1S/C12H7F3N2O3S/c13-12(14,15)6-1-2-7(16-5-6)10(18)17-9-4-3-8(21-9)11(19)20/h1-5H,(H,17,18)(H,19,20). The second-order valence-corrected chi connectivity index (χ2v) is 4.94. The van der Waals surface area contributed by atoms with Crippen molar-refractivity contribution in [2.45, 2.75) is 6.18 Å². The lowest BCUT2D eigenvalue weighted by molar-refractivity contribution is -0.137. The second-order valence-electron chi connectivity index (χ2n) is 3.85. The summed E-state index contributed by atoms with van der Waals surface area (Å²) >= 11 is 0.832. The third-order valence-electron chi connectivity index (χ3n) is 2.38. The topological polar surface area (TPSA) is 79.3 Å². The summed E-state index contributed by atoms with van der Waals surface area (Å²) in [6.45, 7) is 0. The van der Waals surface area contributed by atoms with Gasteiger partial charge in [-0.05, 0) is 24.3 Å². The molecule has 110 valence electrons. The molecule has 2 aromatic heterocycles. The Labute approximate surface area is 120 Å². The molecular weight excluding hydrogens is 309 g/mol. The lowest BCUT2D eigenvalue weighted by Crippen LogP contribution is -2.14. The molecule has 0 aliphatic rings. The SMILES string of the molecule is O=C(Nc1ccc(C(=O)O)s1)c1ccc(C(F)(F)F)cn1. The maximum Gasteiger partial charge on any atom is 0.417 e. The average molecular weight is 316 g/mol. The number of aromatic nitrogens is 1. The van der Waals surface area contributed by atoms with Crippen LogP contribution in [0.2, 0.25) is 0 Å².